The summed E-state index contributed by atoms with van der Waals surface area (Å²) in [6.07, 6.45) is 0. The molecule has 21 heavy (non-hydrogen) atoms. The highest BCUT2D eigenvalue weighted by Crippen LogP contribution is 2.08. The van der Waals surface area contributed by atoms with E-state index in [-0.39, 0.29) is 18.2 Å². The van der Waals surface area contributed by atoms with E-state index >= 15 is 0 Å². The highest BCUT2D eigenvalue weighted by molar-refractivity contribution is 7.07. The van der Waals surface area contributed by atoms with Crippen molar-refractivity contribution < 1.29 is 9.59 Å². The number of rotatable bonds is 3. The number of carbonyl (C=O) groups excluding carboxylic acids is 2. The lowest BCUT2D eigenvalue weighted by molar-refractivity contribution is 0.0960. The molecule has 0 aliphatic heterocycles. The standard InChI is InChI=1S/C15H13N3O2S/c1-10-14(21-18-17-10)15(20)16-9-3-4-12-5-7-13(8-6-12)11(2)19/h5-8H,9H2,1-2H3,(H,16,20). The van der Waals surface area contributed by atoms with E-state index in [0.29, 0.717) is 16.1 Å². The Labute approximate surface area is 126 Å². The number of hydrogen-bond donors (Lipinski definition) is 1. The number of nitrogens with one attached hydrogen (secondary N) is 1. The van der Waals surface area contributed by atoms with Crippen LogP contribution in [-0.4, -0.2) is 27.8 Å². The van der Waals surface area contributed by atoms with Crippen molar-refractivity contribution in [2.45, 2.75) is 13.8 Å². The summed E-state index contributed by atoms with van der Waals surface area (Å²) in [6.45, 7) is 3.50. The van der Waals surface area contributed by atoms with Gasteiger partial charge in [0, 0.05) is 11.1 Å². The molecule has 0 aliphatic carbocycles. The van der Waals surface area contributed by atoms with Crippen molar-refractivity contribution in [3.8, 4) is 11.8 Å². The Kier molecular flexibility index (Phi) is 4.80. The van der Waals surface area contributed by atoms with Crippen molar-refractivity contribution in [2.75, 3.05) is 6.54 Å². The smallest absolute Gasteiger partial charge is 0.265 e. The Morgan fingerprint density at radius 3 is 2.57 bits per heavy atom. The Morgan fingerprint density at radius 1 is 1.29 bits per heavy atom. The van der Waals surface area contributed by atoms with Gasteiger partial charge in [-0.2, -0.15) is 0 Å². The molecule has 0 saturated heterocycles. The van der Waals surface area contributed by atoms with Crippen LogP contribution in [0.5, 0.6) is 0 Å². The van der Waals surface area contributed by atoms with E-state index in [1.165, 1.54) is 6.92 Å². The SMILES string of the molecule is CC(=O)c1ccc(C#CCNC(=O)c2snnc2C)cc1. The van der Waals surface area contributed by atoms with E-state index in [1.807, 2.05) is 0 Å². The van der Waals surface area contributed by atoms with Gasteiger partial charge in [-0.1, -0.05) is 28.5 Å². The van der Waals surface area contributed by atoms with Crippen molar-refractivity contribution in [3.63, 3.8) is 0 Å². The summed E-state index contributed by atoms with van der Waals surface area (Å²) in [5, 5.41) is 6.47. The topological polar surface area (TPSA) is 72.0 Å². The molecule has 1 aromatic heterocycles. The Hall–Kier alpha value is -2.52. The Balaban J connectivity index is 1.91. The van der Waals surface area contributed by atoms with Crippen LogP contribution in [0.1, 0.15) is 38.2 Å². The molecule has 0 aliphatic rings. The van der Waals surface area contributed by atoms with E-state index < -0.39 is 0 Å². The zero-order valence-corrected chi connectivity index (χ0v) is 12.5. The first-order valence-electron chi connectivity index (χ1n) is 6.25. The maximum absolute atomic E-state index is 11.8. The molecule has 1 heterocycles. The molecule has 0 radical (unpaired) electrons. The fraction of sp³-hybridized carbons (Fsp3) is 0.200. The molecular formula is C15H13N3O2S. The van der Waals surface area contributed by atoms with Crippen LogP contribution in [0.25, 0.3) is 0 Å². The van der Waals surface area contributed by atoms with Gasteiger partial charge in [0.15, 0.2) is 5.78 Å². The summed E-state index contributed by atoms with van der Waals surface area (Å²) >= 11 is 1.06. The molecule has 2 rings (SSSR count). The number of aryl methyl sites for hydroxylation is 1. The first-order valence-corrected chi connectivity index (χ1v) is 7.02. The number of Topliss-reactive ketones (excluding diaryl/α,β-unsaturated/α-hetero) is 1. The molecule has 5 nitrogen and oxygen atoms in total. The number of hydrogen-bond acceptors (Lipinski definition) is 5. The minimum atomic E-state index is -0.219. The van der Waals surface area contributed by atoms with Crippen LogP contribution >= 0.6 is 11.5 Å². The van der Waals surface area contributed by atoms with Crippen molar-refractivity contribution in [1.82, 2.24) is 14.9 Å². The maximum Gasteiger partial charge on any atom is 0.265 e. The van der Waals surface area contributed by atoms with Crippen LogP contribution in [0.4, 0.5) is 0 Å². The lowest BCUT2D eigenvalue weighted by Gasteiger charge is -1.97. The average Bonchev–Trinajstić information content (AvgIpc) is 2.90. The summed E-state index contributed by atoms with van der Waals surface area (Å²) in [5.74, 6) is 5.59. The zero-order chi connectivity index (χ0) is 15.2. The average molecular weight is 299 g/mol. The molecule has 1 N–H and O–H groups in total. The minimum absolute atomic E-state index is 0.0234. The number of benzene rings is 1. The molecule has 0 fully saturated rings. The number of amides is 1. The second-order valence-electron chi connectivity index (χ2n) is 4.31. The van der Waals surface area contributed by atoms with Crippen LogP contribution < -0.4 is 5.32 Å². The largest absolute Gasteiger partial charge is 0.340 e. The predicted octanol–water partition coefficient (Wildman–Crippen LogP) is 1.83. The first kappa shape index (κ1) is 14.9. The van der Waals surface area contributed by atoms with Gasteiger partial charge in [-0.25, -0.2) is 0 Å². The van der Waals surface area contributed by atoms with E-state index in [9.17, 15) is 9.59 Å². The minimum Gasteiger partial charge on any atom is -0.340 e. The molecule has 106 valence electrons. The predicted molar refractivity (Wildman–Crippen MR) is 80.3 cm³/mol. The summed E-state index contributed by atoms with van der Waals surface area (Å²) in [4.78, 5) is 23.4. The molecule has 1 amide bonds. The van der Waals surface area contributed by atoms with Gasteiger partial charge in [-0.05, 0) is 37.5 Å². The lowest BCUT2D eigenvalue weighted by Crippen LogP contribution is -2.23. The van der Waals surface area contributed by atoms with Crippen LogP contribution in [0.3, 0.4) is 0 Å². The summed E-state index contributed by atoms with van der Waals surface area (Å²) in [6, 6.07) is 7.03. The second kappa shape index (κ2) is 6.77. The number of carbonyl (C=O) groups is 2. The summed E-state index contributed by atoms with van der Waals surface area (Å²) < 4.78 is 3.71. The zero-order valence-electron chi connectivity index (χ0n) is 11.6. The summed E-state index contributed by atoms with van der Waals surface area (Å²) in [5.41, 5.74) is 2.07. The monoisotopic (exact) mass is 299 g/mol. The van der Waals surface area contributed by atoms with Crippen molar-refractivity contribution >= 4 is 23.2 Å². The van der Waals surface area contributed by atoms with E-state index in [1.54, 1.807) is 31.2 Å². The third-order valence-corrected chi connectivity index (χ3v) is 3.55. The molecule has 1 aromatic carbocycles. The third kappa shape index (κ3) is 3.97. The highest BCUT2D eigenvalue weighted by atomic mass is 32.1. The molecule has 0 unspecified atom stereocenters. The molecule has 0 spiro atoms. The quantitative estimate of drug-likeness (QED) is 0.693. The van der Waals surface area contributed by atoms with Crippen molar-refractivity contribution in [2.24, 2.45) is 0 Å². The Morgan fingerprint density at radius 2 is 2.00 bits per heavy atom. The van der Waals surface area contributed by atoms with E-state index in [2.05, 4.69) is 26.7 Å². The first-order chi connectivity index (χ1) is 10.1. The van der Waals surface area contributed by atoms with Gasteiger partial charge in [0.05, 0.1) is 12.2 Å². The lowest BCUT2D eigenvalue weighted by atomic mass is 10.1. The van der Waals surface area contributed by atoms with Crippen LogP contribution in [0.15, 0.2) is 24.3 Å². The van der Waals surface area contributed by atoms with Crippen LogP contribution in [-0.2, 0) is 0 Å². The molecule has 0 atom stereocenters. The van der Waals surface area contributed by atoms with Gasteiger partial charge in [-0.15, -0.1) is 5.10 Å². The van der Waals surface area contributed by atoms with Gasteiger partial charge in [0.1, 0.15) is 4.88 Å². The molecule has 2 aromatic rings. The number of ketones is 1. The summed E-state index contributed by atoms with van der Waals surface area (Å²) in [7, 11) is 0. The fourth-order valence-electron chi connectivity index (χ4n) is 1.58. The fourth-order valence-corrected chi connectivity index (χ4v) is 2.15. The van der Waals surface area contributed by atoms with Crippen molar-refractivity contribution in [3.05, 3.63) is 46.0 Å². The molecular weight excluding hydrogens is 286 g/mol. The van der Waals surface area contributed by atoms with E-state index in [0.717, 1.165) is 17.1 Å². The van der Waals surface area contributed by atoms with Gasteiger partial charge in [-0.3, -0.25) is 9.59 Å². The highest BCUT2D eigenvalue weighted by Gasteiger charge is 2.11. The van der Waals surface area contributed by atoms with Gasteiger partial charge < -0.3 is 5.32 Å². The number of nitrogens with zero attached hydrogens (tertiary/aromatic N) is 2. The molecule has 0 bridgehead atoms. The van der Waals surface area contributed by atoms with Crippen LogP contribution in [0, 0.1) is 18.8 Å². The van der Waals surface area contributed by atoms with Gasteiger partial charge in [0.2, 0.25) is 0 Å². The Bertz CT molecular complexity index is 723. The second-order valence-corrected chi connectivity index (χ2v) is 5.06. The van der Waals surface area contributed by atoms with Gasteiger partial charge >= 0.3 is 0 Å². The number of aromatic nitrogens is 2. The third-order valence-electron chi connectivity index (χ3n) is 2.72. The van der Waals surface area contributed by atoms with E-state index in [4.69, 9.17) is 0 Å². The normalized spacial score (nSPS) is 9.62. The van der Waals surface area contributed by atoms with Gasteiger partial charge in [0.25, 0.3) is 5.91 Å². The van der Waals surface area contributed by atoms with Crippen LogP contribution in [0.2, 0.25) is 0 Å². The van der Waals surface area contributed by atoms with Crippen molar-refractivity contribution in [1.29, 1.82) is 0 Å². The molecule has 6 heteroatoms. The molecule has 0 saturated carbocycles. The maximum atomic E-state index is 11.8.